The molecule has 0 spiro atoms. The Morgan fingerprint density at radius 2 is 1.19 bits per heavy atom. The van der Waals surface area contributed by atoms with E-state index in [1.807, 2.05) is 12.9 Å². The van der Waals surface area contributed by atoms with Gasteiger partial charge in [0.1, 0.15) is 12.5 Å². The van der Waals surface area contributed by atoms with Crippen LogP contribution >= 0.6 is 0 Å². The van der Waals surface area contributed by atoms with E-state index >= 15 is 0 Å². The van der Waals surface area contributed by atoms with Crippen molar-refractivity contribution >= 4 is 14.1 Å². The normalized spacial score (nSPS) is 5.69. The molecular formula is C7H8BNa3O5. The number of aromatic hydroxyl groups is 1. The molecule has 0 amide bonds. The summed E-state index contributed by atoms with van der Waals surface area (Å²) in [6.45, 7) is 2.00. The summed E-state index contributed by atoms with van der Waals surface area (Å²) in [5.74, 6) is 0.322. The summed E-state index contributed by atoms with van der Waals surface area (Å²) in [6.07, 6.45) is 0. The zero-order valence-corrected chi connectivity index (χ0v) is 15.8. The predicted octanol–water partition coefficient (Wildman–Crippen LogP) is -11.7. The van der Waals surface area contributed by atoms with Crippen LogP contribution in [0.1, 0.15) is 0 Å². The van der Waals surface area contributed by atoms with Crippen molar-refractivity contribution in [1.29, 1.82) is 0 Å². The molecule has 9 heteroatoms. The quantitative estimate of drug-likeness (QED) is 0.461. The van der Waals surface area contributed by atoms with Gasteiger partial charge in [0.05, 0.1) is 0 Å². The molecule has 1 rings (SSSR count). The van der Waals surface area contributed by atoms with Crippen LogP contribution in [0.15, 0.2) is 30.3 Å². The summed E-state index contributed by atoms with van der Waals surface area (Å²) in [7, 11) is -2.92. The van der Waals surface area contributed by atoms with Crippen molar-refractivity contribution < 1.29 is 114 Å². The molecule has 0 unspecified atom stereocenters. The molecule has 0 aliphatic carbocycles. The zero-order valence-electron chi connectivity index (χ0n) is 9.75. The fraction of sp³-hybridized carbons (Fsp3) is 0. The topological polar surface area (TPSA) is 106 Å². The van der Waals surface area contributed by atoms with Gasteiger partial charge in [-0.25, -0.2) is 0 Å². The van der Waals surface area contributed by atoms with Gasteiger partial charge in [0.15, 0.2) is 0 Å². The third-order valence-corrected chi connectivity index (χ3v) is 0.756. The average Bonchev–Trinajstić information content (AvgIpc) is 2.08. The van der Waals surface area contributed by atoms with E-state index in [4.69, 9.17) is 25.0 Å². The van der Waals surface area contributed by atoms with Gasteiger partial charge in [-0.2, -0.15) is 0 Å². The van der Waals surface area contributed by atoms with E-state index in [1.54, 1.807) is 24.3 Å². The number of carbonyl (C=O) groups is 1. The summed E-state index contributed by atoms with van der Waals surface area (Å²) >= 11 is 0. The second-order valence-electron chi connectivity index (χ2n) is 1.62. The summed E-state index contributed by atoms with van der Waals surface area (Å²) in [5.41, 5.74) is 0. The Labute approximate surface area is 161 Å². The van der Waals surface area contributed by atoms with Crippen LogP contribution in [0, 0.1) is 0 Å². The largest absolute Gasteiger partial charge is 1.00 e. The van der Waals surface area contributed by atoms with Crippen LogP contribution in [0.25, 0.3) is 0 Å². The van der Waals surface area contributed by atoms with Crippen molar-refractivity contribution in [3.63, 3.8) is 0 Å². The second kappa shape index (κ2) is 25.5. The molecule has 0 bridgehead atoms. The number of hydrogen-bond acceptors (Lipinski definition) is 5. The van der Waals surface area contributed by atoms with Crippen molar-refractivity contribution in [2.45, 2.75) is 0 Å². The van der Waals surface area contributed by atoms with Crippen LogP contribution < -0.4 is 104 Å². The molecule has 0 atom stereocenters. The molecule has 0 aromatic heterocycles. The minimum atomic E-state index is -2.92. The Morgan fingerprint density at radius 1 is 0.938 bits per heavy atom. The number of benzene rings is 1. The minimum Gasteiger partial charge on any atom is -0.907 e. The third kappa shape index (κ3) is 36.1. The standard InChI is InChI=1S/C6H6O.CH2O.BO3.3Na/c7-6-4-2-1-3-5-6;1-2;2-1(3)4;;;/h1-5,7H;1H2;;;;/q;;-3;3*+1. The van der Waals surface area contributed by atoms with E-state index < -0.39 is 7.32 Å². The second-order valence-corrected chi connectivity index (χ2v) is 1.62. The Kier molecular flexibility index (Phi) is 48.7. The maximum atomic E-state index is 8.63. The van der Waals surface area contributed by atoms with Crippen LogP contribution in [-0.4, -0.2) is 19.2 Å². The average molecular weight is 252 g/mol. The summed E-state index contributed by atoms with van der Waals surface area (Å²) in [6, 6.07) is 8.71. The van der Waals surface area contributed by atoms with Gasteiger partial charge in [-0.15, -0.1) is 0 Å². The molecule has 16 heavy (non-hydrogen) atoms. The Balaban J connectivity index is -0.0000000403. The SMILES string of the molecule is C=O.Oc1ccccc1.[Na+].[Na+].[Na+].[O-]B([O-])[O-]. The molecule has 0 radical (unpaired) electrons. The van der Waals surface area contributed by atoms with Gasteiger partial charge >= 0.3 is 88.7 Å². The molecule has 0 saturated carbocycles. The van der Waals surface area contributed by atoms with Crippen LogP contribution in [0.2, 0.25) is 0 Å². The van der Waals surface area contributed by atoms with E-state index in [9.17, 15) is 0 Å². The van der Waals surface area contributed by atoms with Gasteiger partial charge in [-0.1, -0.05) is 18.2 Å². The smallest absolute Gasteiger partial charge is 0.907 e. The van der Waals surface area contributed by atoms with Crippen molar-refractivity contribution in [3.8, 4) is 5.75 Å². The summed E-state index contributed by atoms with van der Waals surface area (Å²) < 4.78 is 0. The third-order valence-electron chi connectivity index (χ3n) is 0.756. The van der Waals surface area contributed by atoms with E-state index in [-0.39, 0.29) is 88.7 Å². The Bertz CT molecular complexity index is 200. The van der Waals surface area contributed by atoms with E-state index in [2.05, 4.69) is 0 Å². The fourth-order valence-electron chi connectivity index (χ4n) is 0.428. The fourth-order valence-corrected chi connectivity index (χ4v) is 0.428. The van der Waals surface area contributed by atoms with Gasteiger partial charge in [-0.3, -0.25) is 7.32 Å². The van der Waals surface area contributed by atoms with E-state index in [1.165, 1.54) is 0 Å². The molecule has 72 valence electrons. The zero-order chi connectivity index (χ0) is 10.7. The summed E-state index contributed by atoms with van der Waals surface area (Å²) in [4.78, 5) is 8.00. The maximum absolute atomic E-state index is 8.63. The van der Waals surface area contributed by atoms with Gasteiger partial charge in [-0.05, 0) is 12.1 Å². The molecule has 0 aliphatic rings. The Hall–Kier alpha value is 1.63. The number of hydrogen-bond donors (Lipinski definition) is 1. The number of phenols is 1. The molecule has 0 heterocycles. The number of rotatable bonds is 0. The molecule has 0 saturated heterocycles. The molecule has 0 aliphatic heterocycles. The van der Waals surface area contributed by atoms with E-state index in [0.29, 0.717) is 5.75 Å². The van der Waals surface area contributed by atoms with Gasteiger partial charge in [0.25, 0.3) is 0 Å². The summed E-state index contributed by atoms with van der Waals surface area (Å²) in [5, 5.41) is 33.9. The number of carbonyl (C=O) groups excluding carboxylic acids is 1. The van der Waals surface area contributed by atoms with Crippen LogP contribution in [-0.2, 0) is 4.79 Å². The molecule has 1 N–H and O–H groups in total. The predicted molar refractivity (Wildman–Crippen MR) is 41.0 cm³/mol. The first-order valence-corrected chi connectivity index (χ1v) is 3.13. The van der Waals surface area contributed by atoms with Crippen molar-refractivity contribution in [2.24, 2.45) is 0 Å². The molecule has 5 nitrogen and oxygen atoms in total. The first-order chi connectivity index (χ1) is 6.13. The Morgan fingerprint density at radius 3 is 1.31 bits per heavy atom. The van der Waals surface area contributed by atoms with Gasteiger partial charge in [0.2, 0.25) is 0 Å². The number of phenolic OH excluding ortho intramolecular Hbond substituents is 1. The van der Waals surface area contributed by atoms with E-state index in [0.717, 1.165) is 0 Å². The molecule has 0 fully saturated rings. The van der Waals surface area contributed by atoms with Crippen LogP contribution in [0.3, 0.4) is 0 Å². The first-order valence-electron chi connectivity index (χ1n) is 3.13. The van der Waals surface area contributed by atoms with Crippen LogP contribution in [0.4, 0.5) is 0 Å². The van der Waals surface area contributed by atoms with Gasteiger partial charge < -0.3 is 25.0 Å². The van der Waals surface area contributed by atoms with Crippen molar-refractivity contribution in [1.82, 2.24) is 0 Å². The van der Waals surface area contributed by atoms with Gasteiger partial charge in [0, 0.05) is 0 Å². The van der Waals surface area contributed by atoms with Crippen LogP contribution in [0.5, 0.6) is 5.75 Å². The molecular weight excluding hydrogens is 244 g/mol. The monoisotopic (exact) mass is 252 g/mol. The maximum Gasteiger partial charge on any atom is 1.00 e. The van der Waals surface area contributed by atoms with Crippen molar-refractivity contribution in [2.75, 3.05) is 0 Å². The molecule has 1 aromatic carbocycles. The number of para-hydroxylation sites is 1. The van der Waals surface area contributed by atoms with Crippen molar-refractivity contribution in [3.05, 3.63) is 30.3 Å². The minimum absolute atomic E-state index is 0. The first kappa shape index (κ1) is 30.6. The molecule has 1 aromatic rings.